The van der Waals surface area contributed by atoms with Crippen LogP contribution in [0.5, 0.6) is 5.75 Å². The minimum atomic E-state index is -1.82. The summed E-state index contributed by atoms with van der Waals surface area (Å²) in [6, 6.07) is -11.3. The first-order valence-electron chi connectivity index (χ1n) is 30.3. The predicted octanol–water partition coefficient (Wildman–Crippen LogP) is -10.3. The molecule has 1 aromatic heterocycles. The van der Waals surface area contributed by atoms with Gasteiger partial charge in [-0.15, -0.1) is 0 Å². The molecule has 41 heteroatoms. The number of carboxylic acid groups (broad SMARTS) is 1. The van der Waals surface area contributed by atoms with E-state index in [1.807, 2.05) is 0 Å². The van der Waals surface area contributed by atoms with E-state index in [1.54, 1.807) is 0 Å². The summed E-state index contributed by atoms with van der Waals surface area (Å²) in [6.45, 7) is -0.0209. The Bertz CT molecular complexity index is 3060. The van der Waals surface area contributed by atoms with Crippen LogP contribution in [0.3, 0.4) is 0 Å². The van der Waals surface area contributed by atoms with E-state index in [0.29, 0.717) is 30.5 Å². The molecule has 0 unspecified atom stereocenters. The zero-order valence-electron chi connectivity index (χ0n) is 52.7. The van der Waals surface area contributed by atoms with Gasteiger partial charge in [0.25, 0.3) is 0 Å². The number of benzene rings is 1. The van der Waals surface area contributed by atoms with E-state index < -0.39 is 175 Å². The molecule has 534 valence electrons. The Kier molecular flexibility index (Phi) is 37.2. The van der Waals surface area contributed by atoms with Crippen molar-refractivity contribution >= 4 is 153 Å². The van der Waals surface area contributed by atoms with E-state index >= 15 is 0 Å². The average Bonchev–Trinajstić information content (AvgIpc) is 1.77. The molecule has 12 atom stereocenters. The number of carbonyl (C=O) groups excluding carboxylic acids is 13. The third-order valence-electron chi connectivity index (χ3n) is 14.6. The van der Waals surface area contributed by atoms with Crippen LogP contribution in [0.25, 0.3) is 0 Å². The summed E-state index contributed by atoms with van der Waals surface area (Å²) in [6.07, 6.45) is 3.00. The fourth-order valence-corrected chi connectivity index (χ4v) is 11.2. The summed E-state index contributed by atoms with van der Waals surface area (Å²) in [5.41, 5.74) is 28.6. The number of aromatic amines is 1. The van der Waals surface area contributed by atoms with Crippen molar-refractivity contribution in [2.24, 2.45) is 33.7 Å². The first-order valence-corrected chi connectivity index (χ1v) is 35.2. The SMILES string of the molecule is C[C@H](NC(=O)[C@@H]1CCCN1C(=O)[C@H](Cc1cnc[nH]1)NC(=O)[C@H](C[Se])NC(=O)[C@H](C[Se])NC(=O)[C@@H](N)CCCN=C(N)N)C(=O)N[C@@H](C[Se])C(=O)NCC(=O)N[C@@H](CCCCN)C(=O)N[C@@H](CC(N)=O)C(=O)N[C@@H](Cc1ccc(O)cc1)C(=O)N[C@@H](CO)C(=O)N[C@@H](C[Se])C(=O)O. The summed E-state index contributed by atoms with van der Waals surface area (Å²) in [4.78, 5) is 200. The van der Waals surface area contributed by atoms with E-state index in [9.17, 15) is 82.4 Å². The van der Waals surface area contributed by atoms with Gasteiger partial charge in [0.2, 0.25) is 5.91 Å². The Labute approximate surface area is 590 Å². The fourth-order valence-electron chi connectivity index (χ4n) is 9.26. The molecule has 1 aromatic carbocycles. The monoisotopic (exact) mass is 1630 g/mol. The number of aromatic nitrogens is 2. The number of hydrogen-bond donors (Lipinski definition) is 20. The van der Waals surface area contributed by atoms with Gasteiger partial charge in [0.05, 0.1) is 0 Å². The number of hydrogen-bond acceptors (Lipinski definition) is 20. The number of H-pyrrole nitrogens is 1. The van der Waals surface area contributed by atoms with E-state index in [-0.39, 0.29) is 91.1 Å². The van der Waals surface area contributed by atoms with Gasteiger partial charge < -0.3 is 16.6 Å². The van der Waals surface area contributed by atoms with E-state index in [2.05, 4.69) is 137 Å². The number of phenolic OH excluding ortho intramolecular Hbond substituents is 1. The molecule has 0 saturated carbocycles. The molecule has 97 heavy (non-hydrogen) atoms. The Morgan fingerprint density at radius 1 is 0.629 bits per heavy atom. The van der Waals surface area contributed by atoms with Crippen molar-refractivity contribution in [3.05, 3.63) is 48.0 Å². The standard InChI is InChI=1S/C56H84N20O17Se4/c1-27(66-53(90)41-8-5-15-76(41)54(91)35(17-29-19-62-26-65-29)70-51(88)39(24-96)74-52(89)38(23-95)73-45(82)31(58)6-4-14-63-56(60)61)44(81)72-37(22-94)46(83)64-20-43(80)67-32(7-2-3-13-57)47(84)69-34(18-42(59)79)49(86)68-33(16-28-9-11-30(78)12-10-28)48(85)71-36(21-77)50(87)75-40(25-97)55(92)93/h9-12,19,26-27,31-41,77-78H,2-8,13-18,20-25,57-58H2,1H3,(H2,59,79)(H,62,65)(H,64,83)(H,66,90)(H,67,80)(H,68,86)(H,69,84)(H,70,88)(H,71,85)(H,72,81)(H,73,82)(H,74,89)(H,75,87)(H,92,93)(H4,60,61,63)/t27-,31-,32-,33-,34-,35-,36-,37-,38-,39-,40-,41-/m0/s1. The number of rotatable bonds is 43. The normalized spacial score (nSPS) is 16.0. The van der Waals surface area contributed by atoms with Crippen molar-refractivity contribution in [2.75, 3.05) is 32.8 Å². The molecule has 0 spiro atoms. The van der Waals surface area contributed by atoms with Gasteiger partial charge in [-0.2, -0.15) is 0 Å². The van der Waals surface area contributed by atoms with Gasteiger partial charge in [0.15, 0.2) is 0 Å². The number of aliphatic imine (C=N–C) groups is 1. The van der Waals surface area contributed by atoms with Crippen molar-refractivity contribution in [1.82, 2.24) is 73.4 Å². The number of carbonyl (C=O) groups is 14. The van der Waals surface area contributed by atoms with Crippen molar-refractivity contribution in [3.8, 4) is 5.75 Å². The molecule has 1 aliphatic rings. The number of aliphatic carboxylic acids is 1. The van der Waals surface area contributed by atoms with Crippen LogP contribution < -0.4 is 87.2 Å². The number of imidazole rings is 1. The maximum absolute atomic E-state index is 14.4. The van der Waals surface area contributed by atoms with Crippen LogP contribution in [0.4, 0.5) is 0 Å². The van der Waals surface area contributed by atoms with E-state index in [1.165, 1.54) is 48.6 Å². The van der Waals surface area contributed by atoms with Crippen LogP contribution in [0.1, 0.15) is 69.5 Å². The van der Waals surface area contributed by atoms with Gasteiger partial charge in [-0.25, -0.2) is 0 Å². The second kappa shape index (κ2) is 43.3. The summed E-state index contributed by atoms with van der Waals surface area (Å²) < 4.78 is 0. The molecule has 13 amide bonds. The number of aliphatic hydroxyl groups is 1. The summed E-state index contributed by atoms with van der Waals surface area (Å²) >= 11 is 10.5. The van der Waals surface area contributed by atoms with Gasteiger partial charge in [-0.05, 0) is 0 Å². The van der Waals surface area contributed by atoms with Crippen molar-refractivity contribution in [3.63, 3.8) is 0 Å². The average molecular weight is 1630 g/mol. The number of nitrogens with zero attached hydrogens (tertiary/aromatic N) is 3. The number of primary amides is 1. The third kappa shape index (κ3) is 28.9. The van der Waals surface area contributed by atoms with Gasteiger partial charge >= 0.3 is 561 Å². The first kappa shape index (κ1) is 83.3. The quantitative estimate of drug-likeness (QED) is 0.0127. The number of unbranched alkanes of at least 4 members (excludes halogenated alkanes) is 1. The Morgan fingerprint density at radius 2 is 1.15 bits per heavy atom. The van der Waals surface area contributed by atoms with Gasteiger partial charge in [0.1, 0.15) is 5.75 Å². The number of guanidine groups is 1. The number of carboxylic acids is 1. The summed E-state index contributed by atoms with van der Waals surface area (Å²) in [5, 5.41) is 55.7. The number of likely N-dealkylation sites (tertiary alicyclic amines) is 1. The fraction of sp³-hybridized carbons (Fsp3) is 0.571. The molecule has 3 rings (SSSR count). The number of nitrogens with one attached hydrogen (secondary N) is 12. The molecule has 25 N–H and O–H groups in total. The van der Waals surface area contributed by atoms with Crippen LogP contribution in [-0.2, 0) is 80.0 Å². The Hall–Kier alpha value is -7.96. The molecule has 0 bridgehead atoms. The minimum absolute atomic E-state index is 0.000658. The van der Waals surface area contributed by atoms with Crippen LogP contribution in [0.2, 0.25) is 21.3 Å². The molecule has 1 saturated heterocycles. The molecule has 1 fully saturated rings. The molecule has 4 radical (unpaired) electrons. The topological polar surface area (TPSA) is 606 Å². The van der Waals surface area contributed by atoms with Crippen LogP contribution >= 0.6 is 0 Å². The predicted molar refractivity (Wildman–Crippen MR) is 348 cm³/mol. The third-order valence-corrected chi connectivity index (χ3v) is 17.4. The van der Waals surface area contributed by atoms with E-state index in [4.69, 9.17) is 28.7 Å². The van der Waals surface area contributed by atoms with Crippen molar-refractivity contribution < 1.29 is 82.4 Å². The van der Waals surface area contributed by atoms with Crippen molar-refractivity contribution in [1.29, 1.82) is 0 Å². The first-order chi connectivity index (χ1) is 46.0. The molecule has 2 heterocycles. The maximum atomic E-state index is 14.4. The Morgan fingerprint density at radius 3 is 1.72 bits per heavy atom. The van der Waals surface area contributed by atoms with Crippen LogP contribution in [0, 0.1) is 0 Å². The van der Waals surface area contributed by atoms with Crippen molar-refractivity contribution in [2.45, 2.75) is 165 Å². The van der Waals surface area contributed by atoms with Crippen LogP contribution in [0.15, 0.2) is 41.8 Å². The second-order valence-corrected chi connectivity index (χ2v) is 24.9. The summed E-state index contributed by atoms with van der Waals surface area (Å²) in [7, 11) is 0. The number of amides is 13. The molecule has 2 aromatic rings. The zero-order chi connectivity index (χ0) is 72.5. The van der Waals surface area contributed by atoms with Gasteiger partial charge in [0, 0.05) is 0 Å². The zero-order valence-corrected chi connectivity index (χ0v) is 59.6. The molecule has 0 aliphatic carbocycles. The number of aromatic hydroxyl groups is 1. The molecular formula is C56H84N20O17Se4. The van der Waals surface area contributed by atoms with Gasteiger partial charge in [-0.3, -0.25) is 4.79 Å². The molecule has 1 aliphatic heterocycles. The summed E-state index contributed by atoms with van der Waals surface area (Å²) in [5.74, 6) is -13.5. The second-order valence-electron chi connectivity index (χ2n) is 22.1. The van der Waals surface area contributed by atoms with Gasteiger partial charge in [-0.1, -0.05) is 0 Å². The molecular weight excluding hydrogens is 1540 g/mol. The number of nitrogens with two attached hydrogens (primary N) is 5. The van der Waals surface area contributed by atoms with E-state index in [0.717, 1.165) is 0 Å². The Balaban J connectivity index is 1.69. The molecule has 37 nitrogen and oxygen atoms in total. The number of phenols is 1. The van der Waals surface area contributed by atoms with Crippen LogP contribution in [-0.4, -0.2) is 288 Å². The number of aliphatic hydroxyl groups excluding tert-OH is 1.